The normalized spacial score (nSPS) is 12.6. The first-order chi connectivity index (χ1) is 8.77. The molecule has 3 nitrogen and oxygen atoms in total. The fraction of sp³-hybridized carbons (Fsp3) is 0.400. The Morgan fingerprint density at radius 3 is 2.61 bits per heavy atom. The van der Waals surface area contributed by atoms with E-state index in [0.29, 0.717) is 13.2 Å². The zero-order chi connectivity index (χ0) is 13.2. The molecule has 0 saturated carbocycles. The van der Waals surface area contributed by atoms with Crippen molar-refractivity contribution in [2.45, 2.75) is 26.4 Å². The molecule has 1 rings (SSSR count). The lowest BCUT2D eigenvalue weighted by molar-refractivity contribution is -0.137. The molecule has 0 bridgehead atoms. The number of rotatable bonds is 7. The molecule has 0 fully saturated rings. The second kappa shape index (κ2) is 8.48. The van der Waals surface area contributed by atoms with Crippen molar-refractivity contribution < 1.29 is 14.3 Å². The van der Waals surface area contributed by atoms with E-state index in [1.54, 1.807) is 13.0 Å². The van der Waals surface area contributed by atoms with Gasteiger partial charge >= 0.3 is 5.97 Å². The zero-order valence-corrected chi connectivity index (χ0v) is 11.0. The minimum atomic E-state index is -0.325. The van der Waals surface area contributed by atoms with Crippen LogP contribution in [-0.2, 0) is 14.3 Å². The quantitative estimate of drug-likeness (QED) is 0.548. The Kier molecular flexibility index (Phi) is 6.81. The highest BCUT2D eigenvalue weighted by atomic mass is 16.5. The van der Waals surface area contributed by atoms with Crippen LogP contribution in [0, 0.1) is 0 Å². The van der Waals surface area contributed by atoms with Gasteiger partial charge in [-0.15, -0.1) is 0 Å². The van der Waals surface area contributed by atoms with Crippen molar-refractivity contribution >= 4 is 5.97 Å². The summed E-state index contributed by atoms with van der Waals surface area (Å²) in [6, 6.07) is 10.1. The van der Waals surface area contributed by atoms with E-state index >= 15 is 0 Å². The van der Waals surface area contributed by atoms with Gasteiger partial charge in [-0.3, -0.25) is 0 Å². The van der Waals surface area contributed by atoms with Gasteiger partial charge in [0.05, 0.1) is 19.3 Å². The molecular weight excluding hydrogens is 228 g/mol. The van der Waals surface area contributed by atoms with Gasteiger partial charge in [0, 0.05) is 6.08 Å². The van der Waals surface area contributed by atoms with Crippen molar-refractivity contribution in [2.24, 2.45) is 0 Å². The molecule has 0 aromatic heterocycles. The van der Waals surface area contributed by atoms with Gasteiger partial charge in [0.25, 0.3) is 0 Å². The van der Waals surface area contributed by atoms with Gasteiger partial charge < -0.3 is 9.47 Å². The molecule has 0 aliphatic carbocycles. The number of esters is 1. The van der Waals surface area contributed by atoms with Crippen LogP contribution in [0.15, 0.2) is 42.5 Å². The average molecular weight is 248 g/mol. The Bertz CT molecular complexity index is 371. The van der Waals surface area contributed by atoms with E-state index in [1.165, 1.54) is 6.08 Å². The molecule has 0 spiro atoms. The summed E-state index contributed by atoms with van der Waals surface area (Å²) < 4.78 is 10.5. The molecule has 18 heavy (non-hydrogen) atoms. The van der Waals surface area contributed by atoms with Crippen LogP contribution < -0.4 is 0 Å². The fourth-order valence-electron chi connectivity index (χ4n) is 1.62. The van der Waals surface area contributed by atoms with Crippen LogP contribution in [0.2, 0.25) is 0 Å². The molecule has 0 radical (unpaired) electrons. The Morgan fingerprint density at radius 2 is 2.00 bits per heavy atom. The molecule has 0 heterocycles. The topological polar surface area (TPSA) is 35.5 Å². The van der Waals surface area contributed by atoms with Gasteiger partial charge in [-0.1, -0.05) is 43.3 Å². The van der Waals surface area contributed by atoms with Crippen LogP contribution in [0.5, 0.6) is 0 Å². The first-order valence-corrected chi connectivity index (χ1v) is 6.27. The first kappa shape index (κ1) is 14.5. The number of hydrogen-bond acceptors (Lipinski definition) is 3. The van der Waals surface area contributed by atoms with Crippen LogP contribution in [0.1, 0.15) is 31.9 Å². The summed E-state index contributed by atoms with van der Waals surface area (Å²) >= 11 is 0. The predicted molar refractivity (Wildman–Crippen MR) is 71.2 cm³/mol. The number of ether oxygens (including phenoxy) is 2. The van der Waals surface area contributed by atoms with E-state index in [2.05, 4.69) is 6.92 Å². The molecule has 0 amide bonds. The minimum absolute atomic E-state index is 0.0676. The van der Waals surface area contributed by atoms with E-state index in [9.17, 15) is 4.79 Å². The third-order valence-corrected chi connectivity index (χ3v) is 2.48. The first-order valence-electron chi connectivity index (χ1n) is 6.27. The summed E-state index contributed by atoms with van der Waals surface area (Å²) in [6.45, 7) is 4.66. The standard InChI is InChI=1S/C15H20O3/c1-3-14(13-9-6-5-7-10-13)18-12-8-11-15(16)17-4-2/h5-11,14H,3-4,12H2,1-2H3/b11-8+/t14-/m1/s1. The molecule has 0 aliphatic rings. The monoisotopic (exact) mass is 248 g/mol. The van der Waals surface area contributed by atoms with Crippen molar-refractivity contribution in [3.63, 3.8) is 0 Å². The molecule has 98 valence electrons. The Hall–Kier alpha value is -1.61. The van der Waals surface area contributed by atoms with Gasteiger partial charge in [0.1, 0.15) is 0 Å². The summed E-state index contributed by atoms with van der Waals surface area (Å²) in [5.41, 5.74) is 1.16. The molecule has 0 aliphatic heterocycles. The summed E-state index contributed by atoms with van der Waals surface area (Å²) in [5, 5.41) is 0. The maximum absolute atomic E-state index is 11.1. The number of carbonyl (C=O) groups excluding carboxylic acids is 1. The van der Waals surface area contributed by atoms with Gasteiger partial charge in [-0.05, 0) is 18.9 Å². The molecule has 3 heteroatoms. The highest BCUT2D eigenvalue weighted by Gasteiger charge is 2.07. The van der Waals surface area contributed by atoms with Gasteiger partial charge in [-0.25, -0.2) is 4.79 Å². The van der Waals surface area contributed by atoms with Gasteiger partial charge in [-0.2, -0.15) is 0 Å². The Labute approximate surface area is 108 Å². The van der Waals surface area contributed by atoms with Crippen molar-refractivity contribution in [2.75, 3.05) is 13.2 Å². The van der Waals surface area contributed by atoms with Crippen molar-refractivity contribution in [1.82, 2.24) is 0 Å². The summed E-state index contributed by atoms with van der Waals surface area (Å²) in [4.78, 5) is 11.1. The third kappa shape index (κ3) is 5.15. The summed E-state index contributed by atoms with van der Waals surface area (Å²) in [6.07, 6.45) is 4.06. The van der Waals surface area contributed by atoms with Crippen LogP contribution >= 0.6 is 0 Å². The van der Waals surface area contributed by atoms with Crippen LogP contribution in [0.25, 0.3) is 0 Å². The van der Waals surface area contributed by atoms with Crippen molar-refractivity contribution in [3.05, 3.63) is 48.0 Å². The van der Waals surface area contributed by atoms with Crippen molar-refractivity contribution in [3.8, 4) is 0 Å². The zero-order valence-electron chi connectivity index (χ0n) is 11.0. The SMILES string of the molecule is CCOC(=O)/C=C/CO[C@H](CC)c1ccccc1. The number of benzene rings is 1. The van der Waals surface area contributed by atoms with E-state index in [1.807, 2.05) is 30.3 Å². The van der Waals surface area contributed by atoms with E-state index in [0.717, 1.165) is 12.0 Å². The molecule has 1 aromatic rings. The lowest BCUT2D eigenvalue weighted by Crippen LogP contribution is -2.04. The van der Waals surface area contributed by atoms with Gasteiger partial charge in [0.2, 0.25) is 0 Å². The number of carbonyl (C=O) groups is 1. The predicted octanol–water partition coefficient (Wildman–Crippen LogP) is 3.27. The second-order valence-corrected chi connectivity index (χ2v) is 3.80. The van der Waals surface area contributed by atoms with Crippen LogP contribution in [0.4, 0.5) is 0 Å². The minimum Gasteiger partial charge on any atom is -0.463 e. The smallest absolute Gasteiger partial charge is 0.330 e. The lowest BCUT2D eigenvalue weighted by Gasteiger charge is -2.15. The van der Waals surface area contributed by atoms with E-state index in [4.69, 9.17) is 9.47 Å². The third-order valence-electron chi connectivity index (χ3n) is 2.48. The van der Waals surface area contributed by atoms with E-state index in [-0.39, 0.29) is 12.1 Å². The maximum atomic E-state index is 11.1. The summed E-state index contributed by atoms with van der Waals surface area (Å²) in [5.74, 6) is -0.325. The van der Waals surface area contributed by atoms with Crippen LogP contribution in [0.3, 0.4) is 0 Å². The maximum Gasteiger partial charge on any atom is 0.330 e. The second-order valence-electron chi connectivity index (χ2n) is 3.80. The average Bonchev–Trinajstić information content (AvgIpc) is 2.40. The largest absolute Gasteiger partial charge is 0.463 e. The molecule has 0 unspecified atom stereocenters. The molecule has 1 aromatic carbocycles. The van der Waals surface area contributed by atoms with E-state index < -0.39 is 0 Å². The Morgan fingerprint density at radius 1 is 1.28 bits per heavy atom. The molecular formula is C15H20O3. The highest BCUT2D eigenvalue weighted by Crippen LogP contribution is 2.20. The number of hydrogen-bond donors (Lipinski definition) is 0. The Balaban J connectivity index is 2.39. The fourth-order valence-corrected chi connectivity index (χ4v) is 1.62. The van der Waals surface area contributed by atoms with Gasteiger partial charge in [0.15, 0.2) is 0 Å². The molecule has 0 N–H and O–H groups in total. The molecule has 1 atom stereocenters. The summed E-state index contributed by atoms with van der Waals surface area (Å²) in [7, 11) is 0. The lowest BCUT2D eigenvalue weighted by atomic mass is 10.1. The van der Waals surface area contributed by atoms with Crippen molar-refractivity contribution in [1.29, 1.82) is 0 Å². The van der Waals surface area contributed by atoms with Crippen LogP contribution in [-0.4, -0.2) is 19.2 Å². The highest BCUT2D eigenvalue weighted by molar-refractivity contribution is 5.81. The molecule has 0 saturated heterocycles.